The summed E-state index contributed by atoms with van der Waals surface area (Å²) in [6, 6.07) is 28.7. The van der Waals surface area contributed by atoms with Gasteiger partial charge in [-0.25, -0.2) is 0 Å². The lowest BCUT2D eigenvalue weighted by Crippen LogP contribution is -3.00. The Balaban J connectivity index is 0.00000456. The average molecular weight is 509 g/mol. The first-order valence-corrected chi connectivity index (χ1v) is 12.9. The third kappa shape index (κ3) is 11.3. The maximum Gasteiger partial charge on any atom is 0.251 e. The molecule has 0 radical (unpaired) electrons. The van der Waals surface area contributed by atoms with Gasteiger partial charge in [0.1, 0.15) is 12.3 Å². The highest BCUT2D eigenvalue weighted by molar-refractivity contribution is 5.94. The number of nitrogens with zero attached hydrogens (tertiary/aromatic N) is 1. The van der Waals surface area contributed by atoms with Gasteiger partial charge in [0.2, 0.25) is 0 Å². The number of rotatable bonds is 15. The summed E-state index contributed by atoms with van der Waals surface area (Å²) in [5.74, 6) is 0.804. The number of carbonyl (C=O) groups excluding carboxylic acids is 1. The van der Waals surface area contributed by atoms with Gasteiger partial charge in [-0.1, -0.05) is 60.7 Å². The lowest BCUT2D eigenvalue weighted by atomic mass is 10.1. The molecule has 0 atom stereocenters. The first-order valence-electron chi connectivity index (χ1n) is 12.9. The van der Waals surface area contributed by atoms with E-state index in [4.69, 9.17) is 4.74 Å². The Labute approximate surface area is 223 Å². The van der Waals surface area contributed by atoms with Crippen molar-refractivity contribution in [3.8, 4) is 5.75 Å². The molecule has 194 valence electrons. The Hall–Kier alpha value is -2.82. The molecule has 0 saturated heterocycles. The predicted molar refractivity (Wildman–Crippen MR) is 145 cm³/mol. The van der Waals surface area contributed by atoms with Crippen molar-refractivity contribution in [1.29, 1.82) is 0 Å². The molecule has 0 bridgehead atoms. The number of benzene rings is 3. The van der Waals surface area contributed by atoms with Gasteiger partial charge in [-0.15, -0.1) is 0 Å². The molecule has 4 nitrogen and oxygen atoms in total. The molecule has 0 unspecified atom stereocenters. The molecule has 0 heterocycles. The van der Waals surface area contributed by atoms with Crippen molar-refractivity contribution in [2.45, 2.75) is 45.1 Å². The van der Waals surface area contributed by atoms with Gasteiger partial charge in [-0.05, 0) is 68.4 Å². The molecular formula is C31H41ClN2O2. The normalized spacial score (nSPS) is 10.9. The van der Waals surface area contributed by atoms with Gasteiger partial charge < -0.3 is 26.9 Å². The van der Waals surface area contributed by atoms with E-state index in [1.165, 1.54) is 17.5 Å². The number of unbranched alkanes of at least 4 members (excludes halogenated alkanes) is 3. The van der Waals surface area contributed by atoms with Gasteiger partial charge in [0.15, 0.2) is 0 Å². The summed E-state index contributed by atoms with van der Waals surface area (Å²) in [6.45, 7) is 3.52. The molecule has 1 amide bonds. The number of carbonyl (C=O) groups is 1. The van der Waals surface area contributed by atoms with Crippen LogP contribution in [-0.2, 0) is 13.0 Å². The lowest BCUT2D eigenvalue weighted by Gasteiger charge is -2.30. The number of quaternary nitrogens is 1. The van der Waals surface area contributed by atoms with E-state index in [1.807, 2.05) is 24.3 Å². The van der Waals surface area contributed by atoms with Crippen molar-refractivity contribution in [3.63, 3.8) is 0 Å². The number of hydrogen-bond donors (Lipinski definition) is 1. The third-order valence-corrected chi connectivity index (χ3v) is 6.27. The second-order valence-corrected chi connectivity index (χ2v) is 9.94. The van der Waals surface area contributed by atoms with Crippen molar-refractivity contribution in [1.82, 2.24) is 5.32 Å². The quantitative estimate of drug-likeness (QED) is 0.253. The van der Waals surface area contributed by atoms with Gasteiger partial charge in [-0.2, -0.15) is 0 Å². The molecular weight excluding hydrogens is 468 g/mol. The van der Waals surface area contributed by atoms with Gasteiger partial charge in [0.25, 0.3) is 5.91 Å². The highest BCUT2D eigenvalue weighted by Crippen LogP contribution is 2.14. The molecule has 0 fully saturated rings. The minimum absolute atomic E-state index is 0. The number of nitrogens with one attached hydrogen (secondary N) is 1. The standard InChI is InChI=1S/C31H40N2O2.ClH/c1-33(2,26-28-17-8-4-9-18-28)24-12-11-23-32-31(34)29-19-21-30(22-20-29)35-25-13-5-10-16-27-14-6-3-7-15-27;/h3-4,6-9,14-15,17-22H,5,10-13,16,23-26H2,1-2H3;1H. The van der Waals surface area contributed by atoms with E-state index in [9.17, 15) is 4.79 Å². The van der Waals surface area contributed by atoms with Crippen LogP contribution in [-0.4, -0.2) is 44.2 Å². The van der Waals surface area contributed by atoms with Crippen molar-refractivity contribution in [3.05, 3.63) is 102 Å². The van der Waals surface area contributed by atoms with E-state index in [1.54, 1.807) is 0 Å². The minimum atomic E-state index is -0.0181. The molecule has 0 aromatic heterocycles. The van der Waals surface area contributed by atoms with E-state index < -0.39 is 0 Å². The Morgan fingerprint density at radius 2 is 1.39 bits per heavy atom. The molecule has 0 aliphatic rings. The molecule has 0 aliphatic carbocycles. The number of hydrogen-bond acceptors (Lipinski definition) is 2. The van der Waals surface area contributed by atoms with E-state index >= 15 is 0 Å². The summed E-state index contributed by atoms with van der Waals surface area (Å²) in [7, 11) is 4.53. The van der Waals surface area contributed by atoms with Crippen molar-refractivity contribution >= 4 is 5.91 Å². The largest absolute Gasteiger partial charge is 1.00 e. The van der Waals surface area contributed by atoms with Gasteiger partial charge in [0.05, 0.1) is 27.2 Å². The number of aryl methyl sites for hydroxylation is 1. The highest BCUT2D eigenvalue weighted by atomic mass is 35.5. The van der Waals surface area contributed by atoms with Crippen LogP contribution in [0.3, 0.4) is 0 Å². The Kier molecular flexibility index (Phi) is 13.1. The lowest BCUT2D eigenvalue weighted by molar-refractivity contribution is -0.903. The first-order chi connectivity index (χ1) is 17.0. The second kappa shape index (κ2) is 16.0. The van der Waals surface area contributed by atoms with E-state index in [0.29, 0.717) is 18.7 Å². The van der Waals surface area contributed by atoms with E-state index in [0.717, 1.165) is 55.4 Å². The van der Waals surface area contributed by atoms with E-state index in [-0.39, 0.29) is 18.3 Å². The summed E-state index contributed by atoms with van der Waals surface area (Å²) in [6.07, 6.45) is 6.55. The summed E-state index contributed by atoms with van der Waals surface area (Å²) in [5.41, 5.74) is 3.44. The zero-order chi connectivity index (χ0) is 24.8. The van der Waals surface area contributed by atoms with Gasteiger partial charge in [-0.3, -0.25) is 4.79 Å². The van der Waals surface area contributed by atoms with Crippen LogP contribution < -0.4 is 22.5 Å². The fourth-order valence-electron chi connectivity index (χ4n) is 4.27. The van der Waals surface area contributed by atoms with Crippen LogP contribution in [0, 0.1) is 0 Å². The summed E-state index contributed by atoms with van der Waals surface area (Å²) in [4.78, 5) is 12.5. The minimum Gasteiger partial charge on any atom is -1.00 e. The maximum atomic E-state index is 12.5. The fourth-order valence-corrected chi connectivity index (χ4v) is 4.27. The Morgan fingerprint density at radius 3 is 2.06 bits per heavy atom. The van der Waals surface area contributed by atoms with Crippen LogP contribution in [0.2, 0.25) is 0 Å². The van der Waals surface area contributed by atoms with Gasteiger partial charge in [0, 0.05) is 17.7 Å². The van der Waals surface area contributed by atoms with Crippen molar-refractivity contribution < 1.29 is 26.4 Å². The summed E-state index contributed by atoms with van der Waals surface area (Å²) < 4.78 is 6.80. The summed E-state index contributed by atoms with van der Waals surface area (Å²) >= 11 is 0. The number of amides is 1. The fraction of sp³-hybridized carbons (Fsp3) is 0.387. The number of halogens is 1. The molecule has 0 saturated carbocycles. The Morgan fingerprint density at radius 1 is 0.750 bits per heavy atom. The third-order valence-electron chi connectivity index (χ3n) is 6.27. The topological polar surface area (TPSA) is 38.3 Å². The zero-order valence-electron chi connectivity index (χ0n) is 21.8. The average Bonchev–Trinajstić information content (AvgIpc) is 2.87. The van der Waals surface area contributed by atoms with Crippen LogP contribution in [0.5, 0.6) is 5.75 Å². The predicted octanol–water partition coefficient (Wildman–Crippen LogP) is 3.27. The first kappa shape index (κ1) is 29.4. The van der Waals surface area contributed by atoms with Crippen LogP contribution >= 0.6 is 0 Å². The highest BCUT2D eigenvalue weighted by Gasteiger charge is 2.15. The second-order valence-electron chi connectivity index (χ2n) is 9.94. The Bertz CT molecular complexity index is 992. The molecule has 5 heteroatoms. The van der Waals surface area contributed by atoms with Crippen LogP contribution in [0.15, 0.2) is 84.9 Å². The van der Waals surface area contributed by atoms with Crippen LogP contribution in [0.4, 0.5) is 0 Å². The molecule has 3 aromatic rings. The molecule has 3 aromatic carbocycles. The van der Waals surface area contributed by atoms with E-state index in [2.05, 4.69) is 80.1 Å². The zero-order valence-corrected chi connectivity index (χ0v) is 22.6. The van der Waals surface area contributed by atoms with Crippen LogP contribution in [0.25, 0.3) is 0 Å². The molecule has 3 rings (SSSR count). The molecule has 0 spiro atoms. The SMILES string of the molecule is C[N+](C)(CCCCNC(=O)c1ccc(OCCCCCc2ccccc2)cc1)Cc1ccccc1.[Cl-]. The van der Waals surface area contributed by atoms with Crippen molar-refractivity contribution in [2.24, 2.45) is 0 Å². The molecule has 0 aliphatic heterocycles. The monoisotopic (exact) mass is 508 g/mol. The molecule has 1 N–H and O–H groups in total. The molecule has 36 heavy (non-hydrogen) atoms. The van der Waals surface area contributed by atoms with Crippen molar-refractivity contribution in [2.75, 3.05) is 33.8 Å². The smallest absolute Gasteiger partial charge is 0.251 e. The number of ether oxygens (including phenoxy) is 1. The summed E-state index contributed by atoms with van der Waals surface area (Å²) in [5, 5.41) is 3.05. The van der Waals surface area contributed by atoms with Gasteiger partial charge >= 0.3 is 0 Å². The maximum absolute atomic E-state index is 12.5. The van der Waals surface area contributed by atoms with Crippen LogP contribution in [0.1, 0.15) is 53.6 Å².